The molecule has 0 aliphatic heterocycles. The van der Waals surface area contributed by atoms with Gasteiger partial charge in [0.15, 0.2) is 5.76 Å². The molecule has 1 N–H and O–H groups in total. The molecule has 2 aromatic rings. The van der Waals surface area contributed by atoms with Gasteiger partial charge in [-0.1, -0.05) is 0 Å². The topological polar surface area (TPSA) is 77.1 Å². The summed E-state index contributed by atoms with van der Waals surface area (Å²) in [6.45, 7) is 1.66. The van der Waals surface area contributed by atoms with Gasteiger partial charge in [-0.2, -0.15) is 5.10 Å². The van der Waals surface area contributed by atoms with E-state index >= 15 is 0 Å². The monoisotopic (exact) mass is 273 g/mol. The van der Waals surface area contributed by atoms with Crippen LogP contribution in [-0.4, -0.2) is 21.7 Å². The molecule has 104 valence electrons. The van der Waals surface area contributed by atoms with Crippen LogP contribution < -0.4 is 10.9 Å². The van der Waals surface area contributed by atoms with Crippen LogP contribution in [0.3, 0.4) is 0 Å². The maximum atomic E-state index is 12.0. The van der Waals surface area contributed by atoms with Gasteiger partial charge >= 0.3 is 0 Å². The number of nitrogens with one attached hydrogen (secondary N) is 1. The van der Waals surface area contributed by atoms with Gasteiger partial charge in [-0.25, -0.2) is 4.68 Å². The fourth-order valence-electron chi connectivity index (χ4n) is 1.92. The van der Waals surface area contributed by atoms with Crippen LogP contribution >= 0.6 is 0 Å². The van der Waals surface area contributed by atoms with Gasteiger partial charge in [0.2, 0.25) is 5.91 Å². The number of rotatable bonds is 4. The molecule has 1 amide bonds. The molecule has 1 aliphatic rings. The smallest absolute Gasteiger partial charge is 0.267 e. The number of carbonyl (C=O) groups is 1. The fraction of sp³-hybridized carbons (Fsp3) is 0.357. The SMILES string of the molecule is CC(C(=O)NC1CC1)n1nc(-c2ccco2)ccc1=O. The highest BCUT2D eigenvalue weighted by Crippen LogP contribution is 2.20. The minimum atomic E-state index is -0.641. The molecule has 0 spiro atoms. The van der Waals surface area contributed by atoms with Crippen LogP contribution in [-0.2, 0) is 4.79 Å². The van der Waals surface area contributed by atoms with Gasteiger partial charge in [0.25, 0.3) is 5.56 Å². The highest BCUT2D eigenvalue weighted by Gasteiger charge is 2.27. The van der Waals surface area contributed by atoms with Gasteiger partial charge in [0, 0.05) is 12.1 Å². The van der Waals surface area contributed by atoms with Crippen molar-refractivity contribution in [1.29, 1.82) is 0 Å². The number of aromatic nitrogens is 2. The first-order valence-corrected chi connectivity index (χ1v) is 6.59. The molecule has 1 fully saturated rings. The molecule has 0 bridgehead atoms. The van der Waals surface area contributed by atoms with E-state index in [1.807, 2.05) is 0 Å². The summed E-state index contributed by atoms with van der Waals surface area (Å²) in [5.74, 6) is 0.382. The molecule has 20 heavy (non-hydrogen) atoms. The Balaban J connectivity index is 1.89. The van der Waals surface area contributed by atoms with E-state index in [1.165, 1.54) is 17.0 Å². The first-order chi connectivity index (χ1) is 9.65. The van der Waals surface area contributed by atoms with E-state index in [0.717, 1.165) is 12.8 Å². The van der Waals surface area contributed by atoms with Crippen molar-refractivity contribution in [3.05, 3.63) is 40.9 Å². The molecule has 0 radical (unpaired) electrons. The quantitative estimate of drug-likeness (QED) is 0.912. The molecule has 1 atom stereocenters. The van der Waals surface area contributed by atoms with Crippen molar-refractivity contribution in [3.63, 3.8) is 0 Å². The van der Waals surface area contributed by atoms with Crippen LogP contribution in [0.4, 0.5) is 0 Å². The van der Waals surface area contributed by atoms with Crippen molar-refractivity contribution in [2.24, 2.45) is 0 Å². The lowest BCUT2D eigenvalue weighted by Crippen LogP contribution is -2.37. The zero-order valence-electron chi connectivity index (χ0n) is 11.1. The zero-order chi connectivity index (χ0) is 14.1. The van der Waals surface area contributed by atoms with Crippen LogP contribution in [0.2, 0.25) is 0 Å². The van der Waals surface area contributed by atoms with E-state index in [4.69, 9.17) is 4.42 Å². The van der Waals surface area contributed by atoms with E-state index in [1.54, 1.807) is 25.1 Å². The third-order valence-electron chi connectivity index (χ3n) is 3.27. The summed E-state index contributed by atoms with van der Waals surface area (Å²) in [6, 6.07) is 6.10. The Bertz CT molecular complexity index is 671. The molecule has 6 heteroatoms. The molecule has 0 saturated heterocycles. The Hall–Kier alpha value is -2.37. The number of amides is 1. The third-order valence-corrected chi connectivity index (χ3v) is 3.27. The van der Waals surface area contributed by atoms with Crippen LogP contribution in [0.15, 0.2) is 39.7 Å². The molecule has 2 heterocycles. The van der Waals surface area contributed by atoms with E-state index in [0.29, 0.717) is 11.5 Å². The predicted octanol–water partition coefficient (Wildman–Crippen LogP) is 1.34. The molecule has 6 nitrogen and oxygen atoms in total. The first-order valence-electron chi connectivity index (χ1n) is 6.59. The van der Waals surface area contributed by atoms with Gasteiger partial charge in [0.1, 0.15) is 11.7 Å². The lowest BCUT2D eigenvalue weighted by atomic mass is 10.3. The first kappa shape index (κ1) is 12.7. The van der Waals surface area contributed by atoms with Crippen LogP contribution in [0.1, 0.15) is 25.8 Å². The molecule has 3 rings (SSSR count). The van der Waals surface area contributed by atoms with Crippen LogP contribution in [0.5, 0.6) is 0 Å². The Kier molecular flexibility index (Phi) is 3.14. The van der Waals surface area contributed by atoms with Crippen molar-refractivity contribution in [1.82, 2.24) is 15.1 Å². The maximum absolute atomic E-state index is 12.0. The van der Waals surface area contributed by atoms with E-state index in [-0.39, 0.29) is 17.5 Å². The molecule has 2 aromatic heterocycles. The van der Waals surface area contributed by atoms with Gasteiger partial charge in [0.05, 0.1) is 6.26 Å². The minimum Gasteiger partial charge on any atom is -0.463 e. The summed E-state index contributed by atoms with van der Waals surface area (Å²) in [7, 11) is 0. The summed E-state index contributed by atoms with van der Waals surface area (Å²) >= 11 is 0. The van der Waals surface area contributed by atoms with Gasteiger partial charge in [-0.05, 0) is 38.0 Å². The summed E-state index contributed by atoms with van der Waals surface area (Å²) in [4.78, 5) is 23.9. The normalized spacial score (nSPS) is 15.8. The van der Waals surface area contributed by atoms with Gasteiger partial charge in [-0.3, -0.25) is 9.59 Å². The lowest BCUT2D eigenvalue weighted by Gasteiger charge is -2.14. The minimum absolute atomic E-state index is 0.182. The Labute approximate surface area is 115 Å². The van der Waals surface area contributed by atoms with Crippen molar-refractivity contribution in [2.45, 2.75) is 31.8 Å². The number of nitrogens with zero attached hydrogens (tertiary/aromatic N) is 2. The van der Waals surface area contributed by atoms with Gasteiger partial charge in [-0.15, -0.1) is 0 Å². The Morgan fingerprint density at radius 3 is 2.90 bits per heavy atom. The summed E-state index contributed by atoms with van der Waals surface area (Å²) in [6.07, 6.45) is 3.55. The Morgan fingerprint density at radius 2 is 2.25 bits per heavy atom. The zero-order valence-corrected chi connectivity index (χ0v) is 11.1. The van der Waals surface area contributed by atoms with Crippen molar-refractivity contribution >= 4 is 5.91 Å². The number of carbonyl (C=O) groups excluding carboxylic acids is 1. The number of furan rings is 1. The third kappa shape index (κ3) is 2.49. The maximum Gasteiger partial charge on any atom is 0.267 e. The number of hydrogen-bond donors (Lipinski definition) is 1. The largest absolute Gasteiger partial charge is 0.463 e. The number of hydrogen-bond acceptors (Lipinski definition) is 4. The van der Waals surface area contributed by atoms with Crippen LogP contribution in [0, 0.1) is 0 Å². The van der Waals surface area contributed by atoms with E-state index in [2.05, 4.69) is 10.4 Å². The fourth-order valence-corrected chi connectivity index (χ4v) is 1.92. The summed E-state index contributed by atoms with van der Waals surface area (Å²) in [5.41, 5.74) is 0.222. The molecule has 1 aliphatic carbocycles. The molecule has 0 aromatic carbocycles. The van der Waals surface area contributed by atoms with E-state index in [9.17, 15) is 9.59 Å². The second-order valence-corrected chi connectivity index (χ2v) is 4.94. The average molecular weight is 273 g/mol. The molecular formula is C14H15N3O3. The molecule has 1 unspecified atom stereocenters. The van der Waals surface area contributed by atoms with Crippen molar-refractivity contribution in [2.75, 3.05) is 0 Å². The average Bonchev–Trinajstić information content (AvgIpc) is 3.08. The van der Waals surface area contributed by atoms with Crippen molar-refractivity contribution < 1.29 is 9.21 Å². The highest BCUT2D eigenvalue weighted by molar-refractivity contribution is 5.80. The highest BCUT2D eigenvalue weighted by atomic mass is 16.3. The molecule has 1 saturated carbocycles. The van der Waals surface area contributed by atoms with Crippen LogP contribution in [0.25, 0.3) is 11.5 Å². The van der Waals surface area contributed by atoms with E-state index < -0.39 is 6.04 Å². The summed E-state index contributed by atoms with van der Waals surface area (Å²) < 4.78 is 6.44. The second-order valence-electron chi connectivity index (χ2n) is 4.94. The summed E-state index contributed by atoms with van der Waals surface area (Å²) in [5, 5.41) is 7.08. The second kappa shape index (κ2) is 4.96. The van der Waals surface area contributed by atoms with Gasteiger partial charge < -0.3 is 9.73 Å². The Morgan fingerprint density at radius 1 is 1.45 bits per heavy atom. The lowest BCUT2D eigenvalue weighted by molar-refractivity contribution is -0.124. The standard InChI is InChI=1S/C14H15N3O3/c1-9(14(19)15-10-4-5-10)17-13(18)7-6-11(16-17)12-3-2-8-20-12/h2-3,6-10H,4-5H2,1H3,(H,15,19). The molecular weight excluding hydrogens is 258 g/mol. The predicted molar refractivity (Wildman–Crippen MR) is 72.1 cm³/mol. The van der Waals surface area contributed by atoms with Crippen molar-refractivity contribution in [3.8, 4) is 11.5 Å².